The topological polar surface area (TPSA) is 110 Å². The highest BCUT2D eigenvalue weighted by atomic mass is 35.5. The van der Waals surface area contributed by atoms with Gasteiger partial charge in [-0.3, -0.25) is 0 Å². The summed E-state index contributed by atoms with van der Waals surface area (Å²) >= 11 is 11.4. The summed E-state index contributed by atoms with van der Waals surface area (Å²) in [7, 11) is -7.99. The van der Waals surface area contributed by atoms with Gasteiger partial charge in [0.25, 0.3) is 10.0 Å². The first-order valence-corrected chi connectivity index (χ1v) is 8.78. The molecule has 7 nitrogen and oxygen atoms in total. The Bertz CT molecular complexity index is 733. The van der Waals surface area contributed by atoms with Gasteiger partial charge in [0.05, 0.1) is 15.9 Å². The number of rotatable bonds is 2. The summed E-state index contributed by atoms with van der Waals surface area (Å²) in [5.41, 5.74) is 0.344. The van der Waals surface area contributed by atoms with Crippen LogP contribution in [0.25, 0.3) is 0 Å². The summed E-state index contributed by atoms with van der Waals surface area (Å²) < 4.78 is 46.5. The minimum Gasteiger partial charge on any atom is -0.225 e. The lowest BCUT2D eigenvalue weighted by Gasteiger charge is -2.27. The summed E-state index contributed by atoms with van der Waals surface area (Å²) in [6.07, 6.45) is 0. The summed E-state index contributed by atoms with van der Waals surface area (Å²) in [6.45, 7) is 0.169. The van der Waals surface area contributed by atoms with E-state index in [9.17, 15) is 16.8 Å². The third kappa shape index (κ3) is 2.87. The van der Waals surface area contributed by atoms with Crippen molar-refractivity contribution in [2.45, 2.75) is 16.3 Å². The van der Waals surface area contributed by atoms with Crippen molar-refractivity contribution in [1.82, 2.24) is 9.84 Å². The number of hydrazine groups is 1. The maximum absolute atomic E-state index is 11.9. The zero-order valence-electron chi connectivity index (χ0n) is 9.30. The number of sulfonamides is 2. The second kappa shape index (κ2) is 4.85. The molecular formula is C8H9Cl2N3O4S2. The molecule has 0 unspecified atom stereocenters. The second-order valence-corrected chi connectivity index (χ2v) is 7.65. The Morgan fingerprint density at radius 3 is 2.58 bits per heavy atom. The summed E-state index contributed by atoms with van der Waals surface area (Å²) in [5.74, 6) is 0. The van der Waals surface area contributed by atoms with Crippen LogP contribution in [0.3, 0.4) is 0 Å². The SMILES string of the molecule is NS(=O)(=O)c1cc2c(cc1Cl)CN(CCl)NS2(=O)=O. The van der Waals surface area contributed by atoms with E-state index in [0.29, 0.717) is 5.56 Å². The van der Waals surface area contributed by atoms with Gasteiger partial charge in [-0.15, -0.1) is 16.4 Å². The standard InChI is InChI=1S/C8H9Cl2N3O4S2/c9-4-13-3-5-1-6(10)8(18(11,14)15)2-7(5)19(16,17)12-13/h1-2,12H,3-4H2,(H2,11,14,15). The van der Waals surface area contributed by atoms with Gasteiger partial charge >= 0.3 is 0 Å². The zero-order valence-corrected chi connectivity index (χ0v) is 12.4. The number of alkyl halides is 1. The Kier molecular flexibility index (Phi) is 3.82. The van der Waals surface area contributed by atoms with Gasteiger partial charge in [0.2, 0.25) is 10.0 Å². The Hall–Kier alpha value is -0.420. The molecule has 1 heterocycles. The van der Waals surface area contributed by atoms with E-state index >= 15 is 0 Å². The third-order valence-corrected chi connectivity index (χ3v) is 5.59. The number of hydrogen-bond acceptors (Lipinski definition) is 5. The van der Waals surface area contributed by atoms with Gasteiger partial charge in [0.1, 0.15) is 4.90 Å². The van der Waals surface area contributed by atoms with E-state index in [1.54, 1.807) is 0 Å². The Labute approximate surface area is 120 Å². The van der Waals surface area contributed by atoms with E-state index in [1.807, 2.05) is 0 Å². The maximum Gasteiger partial charge on any atom is 0.253 e. The molecule has 0 spiro atoms. The van der Waals surface area contributed by atoms with Crippen molar-refractivity contribution in [2.75, 3.05) is 6.00 Å². The van der Waals surface area contributed by atoms with E-state index in [-0.39, 0.29) is 22.5 Å². The van der Waals surface area contributed by atoms with E-state index in [0.717, 1.165) is 6.07 Å². The molecule has 0 aliphatic carbocycles. The fourth-order valence-corrected chi connectivity index (χ4v) is 4.41. The molecule has 1 aromatic carbocycles. The third-order valence-electron chi connectivity index (χ3n) is 2.47. The van der Waals surface area contributed by atoms with E-state index in [4.69, 9.17) is 28.3 Å². The molecule has 1 aliphatic rings. The summed E-state index contributed by atoms with van der Waals surface area (Å²) in [6, 6.07) is 2.14. The molecule has 2 rings (SSSR count). The minimum atomic E-state index is -4.10. The van der Waals surface area contributed by atoms with Gasteiger partial charge in [0.15, 0.2) is 0 Å². The van der Waals surface area contributed by atoms with E-state index < -0.39 is 24.9 Å². The highest BCUT2D eigenvalue weighted by Gasteiger charge is 2.30. The number of nitrogens with zero attached hydrogens (tertiary/aromatic N) is 1. The molecule has 0 aromatic heterocycles. The lowest BCUT2D eigenvalue weighted by atomic mass is 10.2. The van der Waals surface area contributed by atoms with Crippen LogP contribution in [0.5, 0.6) is 0 Å². The number of benzene rings is 1. The van der Waals surface area contributed by atoms with Crippen LogP contribution in [0.2, 0.25) is 5.02 Å². The number of primary sulfonamides is 1. The Morgan fingerprint density at radius 1 is 1.42 bits per heavy atom. The highest BCUT2D eigenvalue weighted by Crippen LogP contribution is 2.30. The molecule has 0 saturated heterocycles. The van der Waals surface area contributed by atoms with Crippen LogP contribution in [-0.4, -0.2) is 27.8 Å². The summed E-state index contributed by atoms with van der Waals surface area (Å²) in [5, 5.41) is 6.08. The number of halogens is 2. The molecule has 1 aliphatic heterocycles. The smallest absolute Gasteiger partial charge is 0.225 e. The highest BCUT2D eigenvalue weighted by molar-refractivity contribution is 7.90. The minimum absolute atomic E-state index is 0.0623. The molecule has 0 saturated carbocycles. The van der Waals surface area contributed by atoms with Gasteiger partial charge in [0, 0.05) is 6.54 Å². The molecule has 0 bridgehead atoms. The molecule has 11 heteroatoms. The Morgan fingerprint density at radius 2 is 2.05 bits per heavy atom. The van der Waals surface area contributed by atoms with Crippen molar-refractivity contribution in [3.05, 3.63) is 22.7 Å². The molecule has 3 N–H and O–H groups in total. The normalized spacial score (nSPS) is 19.1. The van der Waals surface area contributed by atoms with Gasteiger partial charge in [-0.1, -0.05) is 11.6 Å². The quantitative estimate of drug-likeness (QED) is 0.587. The van der Waals surface area contributed by atoms with E-state index in [2.05, 4.69) is 4.83 Å². The first kappa shape index (κ1) is 15.0. The number of hydrogen-bond donors (Lipinski definition) is 2. The fraction of sp³-hybridized carbons (Fsp3) is 0.250. The van der Waals surface area contributed by atoms with Gasteiger partial charge in [-0.25, -0.2) is 27.0 Å². The van der Waals surface area contributed by atoms with Gasteiger partial charge < -0.3 is 0 Å². The van der Waals surface area contributed by atoms with Crippen LogP contribution in [0.4, 0.5) is 0 Å². The average molecular weight is 346 g/mol. The Balaban J connectivity index is 2.70. The second-order valence-electron chi connectivity index (χ2n) is 3.85. The van der Waals surface area contributed by atoms with Crippen LogP contribution in [0, 0.1) is 0 Å². The largest absolute Gasteiger partial charge is 0.253 e. The van der Waals surface area contributed by atoms with Crippen molar-refractivity contribution in [3.63, 3.8) is 0 Å². The van der Waals surface area contributed by atoms with Crippen molar-refractivity contribution in [3.8, 4) is 0 Å². The monoisotopic (exact) mass is 345 g/mol. The number of nitrogens with two attached hydrogens (primary N) is 1. The van der Waals surface area contributed by atoms with Crippen LogP contribution in [-0.2, 0) is 26.6 Å². The van der Waals surface area contributed by atoms with Crippen LogP contribution in [0.1, 0.15) is 5.56 Å². The molecule has 0 atom stereocenters. The number of nitrogens with one attached hydrogen (secondary N) is 1. The molecule has 106 valence electrons. The van der Waals surface area contributed by atoms with Crippen molar-refractivity contribution < 1.29 is 16.8 Å². The lowest BCUT2D eigenvalue weighted by Crippen LogP contribution is -2.45. The molecule has 0 amide bonds. The van der Waals surface area contributed by atoms with Gasteiger partial charge in [-0.05, 0) is 17.7 Å². The van der Waals surface area contributed by atoms with E-state index in [1.165, 1.54) is 11.1 Å². The first-order chi connectivity index (χ1) is 8.65. The summed E-state index contributed by atoms with van der Waals surface area (Å²) in [4.78, 5) is 1.58. The maximum atomic E-state index is 11.9. The average Bonchev–Trinajstić information content (AvgIpc) is 2.25. The fourth-order valence-electron chi connectivity index (χ4n) is 1.69. The zero-order chi connectivity index (χ0) is 14.4. The van der Waals surface area contributed by atoms with Crippen LogP contribution in [0.15, 0.2) is 21.9 Å². The predicted molar refractivity (Wildman–Crippen MR) is 69.4 cm³/mol. The van der Waals surface area contributed by atoms with Crippen molar-refractivity contribution in [1.29, 1.82) is 0 Å². The molecule has 1 aromatic rings. The molecular weight excluding hydrogens is 337 g/mol. The lowest BCUT2D eigenvalue weighted by molar-refractivity contribution is 0.261. The predicted octanol–water partition coefficient (Wildman–Crippen LogP) is 0.193. The molecule has 0 fully saturated rings. The molecule has 0 radical (unpaired) electrons. The van der Waals surface area contributed by atoms with Gasteiger partial charge in [-0.2, -0.15) is 0 Å². The number of fused-ring (bicyclic) bond motifs is 1. The molecule has 19 heavy (non-hydrogen) atoms. The van der Waals surface area contributed by atoms with Crippen molar-refractivity contribution >= 4 is 43.2 Å². The first-order valence-electron chi connectivity index (χ1n) is 4.84. The van der Waals surface area contributed by atoms with Crippen LogP contribution < -0.4 is 9.97 Å². The van der Waals surface area contributed by atoms with Crippen molar-refractivity contribution in [2.24, 2.45) is 5.14 Å². The van der Waals surface area contributed by atoms with Crippen LogP contribution >= 0.6 is 23.2 Å².